The molecule has 102 valence electrons. The van der Waals surface area contributed by atoms with E-state index >= 15 is 0 Å². The van der Waals surface area contributed by atoms with Crippen molar-refractivity contribution < 1.29 is 4.79 Å². The fourth-order valence-electron chi connectivity index (χ4n) is 3.07. The number of carbonyl (C=O) groups is 1. The Morgan fingerprint density at radius 3 is 2.95 bits per heavy atom. The first kappa shape index (κ1) is 12.2. The van der Waals surface area contributed by atoms with Crippen molar-refractivity contribution in [2.45, 2.75) is 19.3 Å². The number of aromatic nitrogens is 3. The summed E-state index contributed by atoms with van der Waals surface area (Å²) in [5, 5.41) is 9.54. The van der Waals surface area contributed by atoms with E-state index in [9.17, 15) is 4.79 Å². The van der Waals surface area contributed by atoms with Crippen LogP contribution in [0.1, 0.15) is 19.3 Å². The van der Waals surface area contributed by atoms with Gasteiger partial charge in [-0.1, -0.05) is 12.2 Å². The zero-order chi connectivity index (χ0) is 13.2. The minimum atomic E-state index is -0.207. The molecule has 0 spiro atoms. The van der Waals surface area contributed by atoms with Crippen LogP contribution in [0.2, 0.25) is 0 Å². The lowest BCUT2D eigenvalue weighted by molar-refractivity contribution is 0.211. The Morgan fingerprint density at radius 1 is 1.47 bits per heavy atom. The quantitative estimate of drug-likeness (QED) is 0.811. The maximum Gasteiger partial charge on any atom is 0.321 e. The average molecular weight is 261 g/mol. The molecule has 19 heavy (non-hydrogen) atoms. The standard InChI is InChI=1S/C13H19N5O/c1-18-12(15-8-16-18)17-13(19)14-7-11-6-9-2-4-10(11)5-3-9/h2,4,8-11H,3,5-7H2,1H3,(H2,14,15,16,17,19). The number of rotatable bonds is 3. The monoisotopic (exact) mass is 261 g/mol. The van der Waals surface area contributed by atoms with Crippen LogP contribution in [-0.2, 0) is 7.05 Å². The highest BCUT2D eigenvalue weighted by Gasteiger charge is 2.31. The van der Waals surface area contributed by atoms with E-state index in [0.717, 1.165) is 12.5 Å². The second-order valence-corrected chi connectivity index (χ2v) is 5.42. The van der Waals surface area contributed by atoms with Crippen molar-refractivity contribution >= 4 is 12.0 Å². The SMILES string of the molecule is Cn1ncnc1NC(=O)NCC1CC2C=CC1CC2. The largest absolute Gasteiger partial charge is 0.337 e. The predicted molar refractivity (Wildman–Crippen MR) is 71.5 cm³/mol. The third kappa shape index (κ3) is 2.62. The highest BCUT2D eigenvalue weighted by molar-refractivity contribution is 5.87. The number of urea groups is 1. The molecule has 0 aromatic carbocycles. The van der Waals surface area contributed by atoms with Crippen LogP contribution in [-0.4, -0.2) is 27.3 Å². The van der Waals surface area contributed by atoms with Gasteiger partial charge < -0.3 is 5.32 Å². The Bertz CT molecular complexity index is 495. The van der Waals surface area contributed by atoms with Crippen LogP contribution in [0.4, 0.5) is 10.7 Å². The van der Waals surface area contributed by atoms with Crippen molar-refractivity contribution in [1.82, 2.24) is 20.1 Å². The predicted octanol–water partition coefficient (Wildman–Crippen LogP) is 1.54. The molecule has 0 saturated heterocycles. The molecule has 2 bridgehead atoms. The number of nitrogens with zero attached hydrogens (tertiary/aromatic N) is 3. The summed E-state index contributed by atoms with van der Waals surface area (Å²) in [7, 11) is 1.74. The smallest absolute Gasteiger partial charge is 0.321 e. The van der Waals surface area contributed by atoms with Crippen molar-refractivity contribution in [2.24, 2.45) is 24.8 Å². The van der Waals surface area contributed by atoms with Crippen LogP contribution in [0, 0.1) is 17.8 Å². The van der Waals surface area contributed by atoms with Gasteiger partial charge in [-0.05, 0) is 37.0 Å². The zero-order valence-electron chi connectivity index (χ0n) is 11.0. The van der Waals surface area contributed by atoms with Gasteiger partial charge >= 0.3 is 6.03 Å². The van der Waals surface area contributed by atoms with Gasteiger partial charge in [-0.3, -0.25) is 5.32 Å². The number of anilines is 1. The second-order valence-electron chi connectivity index (χ2n) is 5.42. The van der Waals surface area contributed by atoms with Crippen molar-refractivity contribution in [1.29, 1.82) is 0 Å². The van der Waals surface area contributed by atoms with Gasteiger partial charge in [-0.15, -0.1) is 0 Å². The van der Waals surface area contributed by atoms with E-state index in [2.05, 4.69) is 32.9 Å². The van der Waals surface area contributed by atoms with Gasteiger partial charge in [0.1, 0.15) is 6.33 Å². The lowest BCUT2D eigenvalue weighted by Crippen LogP contribution is -2.39. The van der Waals surface area contributed by atoms with E-state index < -0.39 is 0 Å². The third-order valence-corrected chi connectivity index (χ3v) is 4.17. The zero-order valence-corrected chi connectivity index (χ0v) is 11.0. The summed E-state index contributed by atoms with van der Waals surface area (Å²) in [6, 6.07) is -0.207. The summed E-state index contributed by atoms with van der Waals surface area (Å²) in [6.07, 6.45) is 9.85. The molecule has 1 heterocycles. The number of fused-ring (bicyclic) bond motifs is 2. The normalized spacial score (nSPS) is 28.4. The van der Waals surface area contributed by atoms with E-state index in [1.54, 1.807) is 7.05 Å². The number of hydrogen-bond donors (Lipinski definition) is 2. The second kappa shape index (κ2) is 5.03. The van der Waals surface area contributed by atoms with Crippen molar-refractivity contribution in [3.8, 4) is 0 Å². The fourth-order valence-corrected chi connectivity index (χ4v) is 3.07. The minimum absolute atomic E-state index is 0.207. The van der Waals surface area contributed by atoms with Crippen LogP contribution in [0.5, 0.6) is 0 Å². The number of allylic oxidation sites excluding steroid dienone is 2. The first-order valence-corrected chi connectivity index (χ1v) is 6.79. The van der Waals surface area contributed by atoms with Crippen LogP contribution >= 0.6 is 0 Å². The van der Waals surface area contributed by atoms with Crippen molar-refractivity contribution in [3.05, 3.63) is 18.5 Å². The van der Waals surface area contributed by atoms with Gasteiger partial charge in [0.25, 0.3) is 0 Å². The Labute approximate surface area is 112 Å². The van der Waals surface area contributed by atoms with Gasteiger partial charge in [-0.2, -0.15) is 10.1 Å². The Morgan fingerprint density at radius 2 is 2.37 bits per heavy atom. The summed E-state index contributed by atoms with van der Waals surface area (Å²) < 4.78 is 1.53. The van der Waals surface area contributed by atoms with E-state index in [4.69, 9.17) is 0 Å². The van der Waals surface area contributed by atoms with Gasteiger partial charge in [0.05, 0.1) is 0 Å². The highest BCUT2D eigenvalue weighted by Crippen LogP contribution is 2.39. The number of amides is 2. The van der Waals surface area contributed by atoms with Gasteiger partial charge in [-0.25, -0.2) is 9.48 Å². The van der Waals surface area contributed by atoms with Gasteiger partial charge in [0.15, 0.2) is 0 Å². The number of carbonyl (C=O) groups excluding carboxylic acids is 1. The molecule has 1 aromatic heterocycles. The first-order valence-electron chi connectivity index (χ1n) is 6.79. The maximum atomic E-state index is 11.8. The molecular formula is C13H19N5O. The lowest BCUT2D eigenvalue weighted by Gasteiger charge is -2.38. The molecule has 4 rings (SSSR count). The third-order valence-electron chi connectivity index (χ3n) is 4.17. The van der Waals surface area contributed by atoms with Crippen molar-refractivity contribution in [3.63, 3.8) is 0 Å². The summed E-state index contributed by atoms with van der Waals surface area (Å²) in [5.41, 5.74) is 0. The molecule has 1 aromatic rings. The van der Waals surface area contributed by atoms with E-state index in [0.29, 0.717) is 17.8 Å². The molecule has 2 amide bonds. The van der Waals surface area contributed by atoms with Crippen LogP contribution in [0.25, 0.3) is 0 Å². The van der Waals surface area contributed by atoms with E-state index in [1.165, 1.54) is 30.3 Å². The Balaban J connectivity index is 1.49. The molecule has 6 nitrogen and oxygen atoms in total. The maximum absolute atomic E-state index is 11.8. The molecule has 3 unspecified atom stereocenters. The molecule has 1 saturated carbocycles. The highest BCUT2D eigenvalue weighted by atomic mass is 16.2. The molecule has 3 aliphatic carbocycles. The van der Waals surface area contributed by atoms with Crippen LogP contribution < -0.4 is 10.6 Å². The number of hydrogen-bond acceptors (Lipinski definition) is 3. The molecule has 0 aliphatic heterocycles. The van der Waals surface area contributed by atoms with Gasteiger partial charge in [0, 0.05) is 13.6 Å². The molecule has 3 aliphatic rings. The van der Waals surface area contributed by atoms with Gasteiger partial charge in [0.2, 0.25) is 5.95 Å². The van der Waals surface area contributed by atoms with Crippen LogP contribution in [0.3, 0.4) is 0 Å². The Hall–Kier alpha value is -1.85. The lowest BCUT2D eigenvalue weighted by atomic mass is 9.69. The Kier molecular flexibility index (Phi) is 3.23. The fraction of sp³-hybridized carbons (Fsp3) is 0.615. The molecule has 1 fully saturated rings. The molecular weight excluding hydrogens is 242 g/mol. The first-order chi connectivity index (χ1) is 9.22. The topological polar surface area (TPSA) is 71.8 Å². The average Bonchev–Trinajstić information content (AvgIpc) is 2.83. The summed E-state index contributed by atoms with van der Waals surface area (Å²) in [5.74, 6) is 2.40. The molecule has 3 atom stereocenters. The van der Waals surface area contributed by atoms with E-state index in [1.807, 2.05) is 0 Å². The van der Waals surface area contributed by atoms with Crippen molar-refractivity contribution in [2.75, 3.05) is 11.9 Å². The summed E-state index contributed by atoms with van der Waals surface area (Å²) >= 11 is 0. The number of aryl methyl sites for hydroxylation is 1. The summed E-state index contributed by atoms with van der Waals surface area (Å²) in [6.45, 7) is 0.731. The van der Waals surface area contributed by atoms with Crippen LogP contribution in [0.15, 0.2) is 18.5 Å². The molecule has 0 radical (unpaired) electrons. The number of nitrogens with one attached hydrogen (secondary N) is 2. The molecule has 2 N–H and O–H groups in total. The molecule has 6 heteroatoms. The minimum Gasteiger partial charge on any atom is -0.337 e. The van der Waals surface area contributed by atoms with E-state index in [-0.39, 0.29) is 6.03 Å². The summed E-state index contributed by atoms with van der Waals surface area (Å²) in [4.78, 5) is 15.7.